The quantitative estimate of drug-likeness (QED) is 0.496. The molecule has 0 radical (unpaired) electrons. The van der Waals surface area contributed by atoms with E-state index in [4.69, 9.17) is 9.52 Å². The molecule has 6 heteroatoms. The van der Waals surface area contributed by atoms with Crippen LogP contribution >= 0.6 is 0 Å². The Labute approximate surface area is 163 Å². The molecular formula is C22H26N2O4. The maximum Gasteiger partial charge on any atom is 0.349 e. The number of fused-ring (bicyclic) bond motifs is 1. The predicted octanol–water partition coefficient (Wildman–Crippen LogP) is 3.11. The van der Waals surface area contributed by atoms with Gasteiger partial charge in [-0.2, -0.15) is 0 Å². The van der Waals surface area contributed by atoms with E-state index >= 15 is 0 Å². The molecule has 3 rings (SSSR count). The SMILES string of the molecule is Cc1cc(CCc2c[nH]c3ccccc23)oc(=O)c1C(=O)NCCCCCO. The van der Waals surface area contributed by atoms with Crippen LogP contribution in [0.5, 0.6) is 0 Å². The molecule has 1 amide bonds. The number of nitrogens with one attached hydrogen (secondary N) is 2. The number of amides is 1. The molecule has 148 valence electrons. The second-order valence-corrected chi connectivity index (χ2v) is 6.96. The molecule has 1 aromatic carbocycles. The highest BCUT2D eigenvalue weighted by molar-refractivity contribution is 5.95. The van der Waals surface area contributed by atoms with Gasteiger partial charge in [-0.25, -0.2) is 4.79 Å². The van der Waals surface area contributed by atoms with Crippen LogP contribution in [0.3, 0.4) is 0 Å². The van der Waals surface area contributed by atoms with E-state index in [0.717, 1.165) is 24.8 Å². The first kappa shape index (κ1) is 19.9. The molecule has 2 heterocycles. The number of aryl methyl sites for hydroxylation is 3. The molecule has 0 spiro atoms. The Balaban J connectivity index is 1.64. The molecule has 0 atom stereocenters. The van der Waals surface area contributed by atoms with E-state index in [2.05, 4.69) is 16.4 Å². The molecule has 28 heavy (non-hydrogen) atoms. The Morgan fingerprint density at radius 1 is 1.18 bits per heavy atom. The van der Waals surface area contributed by atoms with Crippen molar-refractivity contribution >= 4 is 16.8 Å². The summed E-state index contributed by atoms with van der Waals surface area (Å²) in [6.07, 6.45) is 5.61. The lowest BCUT2D eigenvalue weighted by atomic mass is 10.1. The van der Waals surface area contributed by atoms with Gasteiger partial charge in [0.05, 0.1) is 0 Å². The number of rotatable bonds is 9. The fourth-order valence-corrected chi connectivity index (χ4v) is 3.37. The number of aliphatic hydroxyl groups is 1. The highest BCUT2D eigenvalue weighted by atomic mass is 16.4. The minimum atomic E-state index is -0.596. The van der Waals surface area contributed by atoms with E-state index in [0.29, 0.717) is 30.7 Å². The summed E-state index contributed by atoms with van der Waals surface area (Å²) < 4.78 is 5.41. The fourth-order valence-electron chi connectivity index (χ4n) is 3.37. The van der Waals surface area contributed by atoms with Crippen molar-refractivity contribution in [3.63, 3.8) is 0 Å². The maximum atomic E-state index is 12.3. The third-order valence-electron chi connectivity index (χ3n) is 4.86. The van der Waals surface area contributed by atoms with Gasteiger partial charge in [-0.1, -0.05) is 18.2 Å². The predicted molar refractivity (Wildman–Crippen MR) is 109 cm³/mol. The lowest BCUT2D eigenvalue weighted by Crippen LogP contribution is -2.30. The number of aromatic nitrogens is 1. The molecule has 0 saturated carbocycles. The number of aliphatic hydroxyl groups excluding tert-OH is 1. The Bertz CT molecular complexity index is 1000. The van der Waals surface area contributed by atoms with Gasteiger partial charge in [0, 0.05) is 36.7 Å². The van der Waals surface area contributed by atoms with E-state index < -0.39 is 11.5 Å². The van der Waals surface area contributed by atoms with E-state index in [1.165, 1.54) is 10.9 Å². The summed E-state index contributed by atoms with van der Waals surface area (Å²) in [6, 6.07) is 9.86. The van der Waals surface area contributed by atoms with Crippen molar-refractivity contribution in [1.82, 2.24) is 10.3 Å². The number of carbonyl (C=O) groups excluding carboxylic acids is 1. The second kappa shape index (κ2) is 9.37. The molecule has 3 aromatic rings. The summed E-state index contributed by atoms with van der Waals surface area (Å²) >= 11 is 0. The van der Waals surface area contributed by atoms with Gasteiger partial charge in [-0.05, 0) is 55.9 Å². The summed E-state index contributed by atoms with van der Waals surface area (Å²) in [5.74, 6) is 0.172. The van der Waals surface area contributed by atoms with Gasteiger partial charge in [0.25, 0.3) is 5.91 Å². The number of carbonyl (C=O) groups is 1. The molecule has 0 bridgehead atoms. The van der Waals surface area contributed by atoms with Crippen molar-refractivity contribution in [2.75, 3.05) is 13.2 Å². The Hall–Kier alpha value is -2.86. The van der Waals surface area contributed by atoms with Gasteiger partial charge in [0.2, 0.25) is 0 Å². The highest BCUT2D eigenvalue weighted by Gasteiger charge is 2.16. The van der Waals surface area contributed by atoms with Crippen LogP contribution in [0, 0.1) is 6.92 Å². The topological polar surface area (TPSA) is 95.3 Å². The molecule has 3 N–H and O–H groups in total. The molecule has 6 nitrogen and oxygen atoms in total. The number of H-pyrrole nitrogens is 1. The summed E-state index contributed by atoms with van der Waals surface area (Å²) in [4.78, 5) is 27.9. The van der Waals surface area contributed by atoms with Crippen molar-refractivity contribution in [3.05, 3.63) is 69.4 Å². The van der Waals surface area contributed by atoms with Crippen LogP contribution in [0.15, 0.2) is 45.7 Å². The molecule has 0 aliphatic carbocycles. The Kier molecular flexibility index (Phi) is 6.66. The van der Waals surface area contributed by atoms with Gasteiger partial charge in [0.15, 0.2) is 0 Å². The van der Waals surface area contributed by atoms with Crippen LogP contribution in [0.25, 0.3) is 10.9 Å². The van der Waals surface area contributed by atoms with Gasteiger partial charge in [-0.15, -0.1) is 0 Å². The maximum absolute atomic E-state index is 12.3. The van der Waals surface area contributed by atoms with Crippen molar-refractivity contribution in [2.45, 2.75) is 39.0 Å². The average molecular weight is 382 g/mol. The van der Waals surface area contributed by atoms with Gasteiger partial charge in [-0.3, -0.25) is 4.79 Å². The van der Waals surface area contributed by atoms with E-state index in [1.54, 1.807) is 13.0 Å². The van der Waals surface area contributed by atoms with Gasteiger partial charge in [0.1, 0.15) is 11.3 Å². The normalized spacial score (nSPS) is 11.1. The van der Waals surface area contributed by atoms with Crippen molar-refractivity contribution in [3.8, 4) is 0 Å². The monoisotopic (exact) mass is 382 g/mol. The summed E-state index contributed by atoms with van der Waals surface area (Å²) in [6.45, 7) is 2.38. The first-order valence-corrected chi connectivity index (χ1v) is 9.68. The smallest absolute Gasteiger partial charge is 0.349 e. The van der Waals surface area contributed by atoms with Crippen LogP contribution in [-0.2, 0) is 12.8 Å². The number of hydrogen-bond donors (Lipinski definition) is 3. The van der Waals surface area contributed by atoms with Gasteiger partial charge >= 0.3 is 5.63 Å². The minimum Gasteiger partial charge on any atom is -0.427 e. The van der Waals surface area contributed by atoms with Crippen molar-refractivity contribution in [1.29, 1.82) is 0 Å². The van der Waals surface area contributed by atoms with Gasteiger partial charge < -0.3 is 19.8 Å². The summed E-state index contributed by atoms with van der Waals surface area (Å²) in [5, 5.41) is 12.7. The minimum absolute atomic E-state index is 0.0676. The first-order chi connectivity index (χ1) is 13.6. The van der Waals surface area contributed by atoms with Crippen LogP contribution in [-0.4, -0.2) is 29.1 Å². The molecule has 2 aromatic heterocycles. The molecule has 0 unspecified atom stereocenters. The number of unbranched alkanes of at least 4 members (excludes halogenated alkanes) is 2. The molecular weight excluding hydrogens is 356 g/mol. The highest BCUT2D eigenvalue weighted by Crippen LogP contribution is 2.19. The summed E-state index contributed by atoms with van der Waals surface area (Å²) in [7, 11) is 0. The number of benzene rings is 1. The zero-order valence-electron chi connectivity index (χ0n) is 16.1. The standard InChI is InChI=1S/C22H26N2O4/c1-15-13-17(10-9-16-14-24-19-8-4-3-7-18(16)19)28-22(27)20(15)21(26)23-11-5-2-6-12-25/h3-4,7-8,13-14,24-25H,2,5-6,9-12H2,1H3,(H,23,26). The van der Waals surface area contributed by atoms with Crippen molar-refractivity contribution in [2.24, 2.45) is 0 Å². The first-order valence-electron chi connectivity index (χ1n) is 9.68. The third kappa shape index (κ3) is 4.70. The van der Waals surface area contributed by atoms with Crippen molar-refractivity contribution < 1.29 is 14.3 Å². The Morgan fingerprint density at radius 3 is 2.79 bits per heavy atom. The zero-order chi connectivity index (χ0) is 19.9. The Morgan fingerprint density at radius 2 is 2.00 bits per heavy atom. The fraction of sp³-hybridized carbons (Fsp3) is 0.364. The third-order valence-corrected chi connectivity index (χ3v) is 4.86. The van der Waals surface area contributed by atoms with Crippen LogP contribution in [0.2, 0.25) is 0 Å². The van der Waals surface area contributed by atoms with E-state index in [-0.39, 0.29) is 12.2 Å². The van der Waals surface area contributed by atoms with E-state index in [9.17, 15) is 9.59 Å². The molecule has 0 saturated heterocycles. The van der Waals surface area contributed by atoms with Crippen LogP contribution < -0.4 is 10.9 Å². The van der Waals surface area contributed by atoms with Crippen LogP contribution in [0.4, 0.5) is 0 Å². The van der Waals surface area contributed by atoms with Crippen LogP contribution in [0.1, 0.15) is 46.5 Å². The second-order valence-electron chi connectivity index (χ2n) is 6.96. The number of aromatic amines is 1. The van der Waals surface area contributed by atoms with E-state index in [1.807, 2.05) is 24.4 Å². The lowest BCUT2D eigenvalue weighted by Gasteiger charge is -2.08. The average Bonchev–Trinajstić information content (AvgIpc) is 3.09. The molecule has 0 aliphatic rings. The number of para-hydroxylation sites is 1. The largest absolute Gasteiger partial charge is 0.427 e. The summed E-state index contributed by atoms with van der Waals surface area (Å²) in [5.41, 5.74) is 2.35. The molecule has 0 aliphatic heterocycles. The number of hydrogen-bond acceptors (Lipinski definition) is 4. The lowest BCUT2D eigenvalue weighted by molar-refractivity contribution is 0.0947. The molecule has 0 fully saturated rings. The zero-order valence-corrected chi connectivity index (χ0v) is 16.1.